The van der Waals surface area contributed by atoms with E-state index in [1.165, 1.54) is 103 Å². The predicted octanol–water partition coefficient (Wildman–Crippen LogP) is 22.2. The fourth-order valence-corrected chi connectivity index (χ4v) is 8.60. The van der Waals surface area contributed by atoms with Crippen LogP contribution in [-0.4, -0.2) is 37.2 Å². The fraction of sp³-hybridized carbons (Fsp3) is 0.653. The van der Waals surface area contributed by atoms with Crippen LogP contribution in [0.3, 0.4) is 0 Å². The lowest BCUT2D eigenvalue weighted by molar-refractivity contribution is -0.167. The van der Waals surface area contributed by atoms with Gasteiger partial charge in [-0.2, -0.15) is 0 Å². The number of allylic oxidation sites excluding steroid dienone is 22. The monoisotopic (exact) mass is 1080 g/mol. The van der Waals surface area contributed by atoms with Gasteiger partial charge >= 0.3 is 17.9 Å². The Balaban J connectivity index is 4.43. The van der Waals surface area contributed by atoms with Crippen molar-refractivity contribution in [3.8, 4) is 0 Å². The second-order valence-electron chi connectivity index (χ2n) is 20.9. The van der Waals surface area contributed by atoms with Crippen molar-refractivity contribution in [2.45, 2.75) is 290 Å². The van der Waals surface area contributed by atoms with E-state index in [1.807, 2.05) is 0 Å². The van der Waals surface area contributed by atoms with Crippen molar-refractivity contribution < 1.29 is 28.6 Å². The molecule has 78 heavy (non-hydrogen) atoms. The van der Waals surface area contributed by atoms with E-state index in [0.29, 0.717) is 19.3 Å². The van der Waals surface area contributed by atoms with E-state index >= 15 is 0 Å². The lowest BCUT2D eigenvalue weighted by atomic mass is 10.0. The molecule has 6 nitrogen and oxygen atoms in total. The Kier molecular flexibility index (Phi) is 61.4. The second-order valence-corrected chi connectivity index (χ2v) is 20.9. The van der Waals surface area contributed by atoms with Crippen LogP contribution in [0.25, 0.3) is 0 Å². The molecular weight excluding hydrogens is 961 g/mol. The van der Waals surface area contributed by atoms with Crippen LogP contribution in [0.15, 0.2) is 134 Å². The number of carbonyl (C=O) groups is 3. The molecule has 442 valence electrons. The summed E-state index contributed by atoms with van der Waals surface area (Å²) in [5, 5.41) is 0. The Bertz CT molecular complexity index is 1670. The van der Waals surface area contributed by atoms with E-state index in [1.54, 1.807) is 0 Å². The van der Waals surface area contributed by atoms with Crippen molar-refractivity contribution in [3.05, 3.63) is 134 Å². The normalized spacial score (nSPS) is 13.0. The first-order valence-electron chi connectivity index (χ1n) is 32.2. The smallest absolute Gasteiger partial charge is 0.306 e. The fourth-order valence-electron chi connectivity index (χ4n) is 8.60. The molecule has 0 saturated carbocycles. The summed E-state index contributed by atoms with van der Waals surface area (Å²) in [5.41, 5.74) is 0. The molecule has 0 heterocycles. The summed E-state index contributed by atoms with van der Waals surface area (Å²) >= 11 is 0. The van der Waals surface area contributed by atoms with Crippen molar-refractivity contribution in [2.24, 2.45) is 0 Å². The molecule has 0 aliphatic carbocycles. The summed E-state index contributed by atoms with van der Waals surface area (Å²) in [5.74, 6) is -0.975. The lowest BCUT2D eigenvalue weighted by Crippen LogP contribution is -2.30. The summed E-state index contributed by atoms with van der Waals surface area (Å²) in [6, 6.07) is 0. The molecule has 0 spiro atoms. The lowest BCUT2D eigenvalue weighted by Gasteiger charge is -2.18. The highest BCUT2D eigenvalue weighted by molar-refractivity contribution is 5.71. The number of esters is 3. The van der Waals surface area contributed by atoms with Crippen LogP contribution in [0.2, 0.25) is 0 Å². The van der Waals surface area contributed by atoms with Crippen LogP contribution in [-0.2, 0) is 28.6 Å². The molecule has 0 rings (SSSR count). The van der Waals surface area contributed by atoms with E-state index in [4.69, 9.17) is 14.2 Å². The molecule has 0 aliphatic rings. The number of hydrogen-bond acceptors (Lipinski definition) is 6. The molecule has 0 aromatic carbocycles. The maximum atomic E-state index is 12.9. The van der Waals surface area contributed by atoms with Gasteiger partial charge < -0.3 is 14.2 Å². The second kappa shape index (κ2) is 65.1. The Morgan fingerprint density at radius 1 is 0.269 bits per heavy atom. The van der Waals surface area contributed by atoms with Crippen molar-refractivity contribution in [1.29, 1.82) is 0 Å². The van der Waals surface area contributed by atoms with Crippen LogP contribution < -0.4 is 0 Å². The average molecular weight is 1080 g/mol. The first-order chi connectivity index (χ1) is 38.5. The third-order valence-corrected chi connectivity index (χ3v) is 13.4. The van der Waals surface area contributed by atoms with Gasteiger partial charge in [0.15, 0.2) is 6.10 Å². The van der Waals surface area contributed by atoms with Gasteiger partial charge in [-0.3, -0.25) is 14.4 Å². The minimum Gasteiger partial charge on any atom is -0.462 e. The van der Waals surface area contributed by atoms with Gasteiger partial charge in [0.1, 0.15) is 13.2 Å². The van der Waals surface area contributed by atoms with Crippen LogP contribution in [0, 0.1) is 0 Å². The van der Waals surface area contributed by atoms with Crippen LogP contribution in [0.1, 0.15) is 284 Å². The van der Waals surface area contributed by atoms with Crippen molar-refractivity contribution in [2.75, 3.05) is 13.2 Å². The van der Waals surface area contributed by atoms with Gasteiger partial charge in [-0.25, -0.2) is 0 Å². The van der Waals surface area contributed by atoms with Gasteiger partial charge in [0.25, 0.3) is 0 Å². The average Bonchev–Trinajstić information content (AvgIpc) is 3.44. The molecule has 0 fully saturated rings. The van der Waals surface area contributed by atoms with Crippen LogP contribution >= 0.6 is 0 Å². The number of carbonyl (C=O) groups excluding carboxylic acids is 3. The Hall–Kier alpha value is -4.45. The maximum absolute atomic E-state index is 12.9. The number of hydrogen-bond donors (Lipinski definition) is 0. The molecule has 0 aliphatic heterocycles. The predicted molar refractivity (Wildman–Crippen MR) is 339 cm³/mol. The molecule has 1 atom stereocenters. The zero-order valence-corrected chi connectivity index (χ0v) is 50.6. The summed E-state index contributed by atoms with van der Waals surface area (Å²) in [6.45, 7) is 6.42. The third kappa shape index (κ3) is 62.4. The van der Waals surface area contributed by atoms with Crippen molar-refractivity contribution in [1.82, 2.24) is 0 Å². The van der Waals surface area contributed by atoms with Gasteiger partial charge in [0.05, 0.1) is 0 Å². The Morgan fingerprint density at radius 2 is 0.538 bits per heavy atom. The molecule has 6 heteroatoms. The summed E-state index contributed by atoms with van der Waals surface area (Å²) in [7, 11) is 0. The molecule has 0 radical (unpaired) electrons. The minimum absolute atomic E-state index is 0.105. The highest BCUT2D eigenvalue weighted by Gasteiger charge is 2.19. The topological polar surface area (TPSA) is 78.9 Å². The van der Waals surface area contributed by atoms with Gasteiger partial charge in [-0.1, -0.05) is 289 Å². The van der Waals surface area contributed by atoms with E-state index in [-0.39, 0.29) is 37.5 Å². The standard InChI is InChI=1S/C72H118O6/c1-4-7-10-13-16-19-22-25-27-29-31-32-33-34-35-36-37-38-39-40-41-43-44-47-50-53-56-59-62-65-71(74)77-68-69(67-76-70(73)64-61-58-55-52-49-46-24-21-18-15-12-9-6-3)78-72(75)66-63-60-57-54-51-48-45-42-30-28-26-23-20-17-14-11-8-5-2/h7,10,12,15-16,19,21,24-25,27,31-32,34-35,37-38,40-41,44,47,53,56,69H,4-6,8-9,11,13-14,17-18,20,22-23,26,28-30,33,36,39,42-43,45-46,48-52,54-55,57-68H2,1-3H3/b10-7-,15-12-,19-16-,24-21-,27-25-,32-31-,35-34-,38-37-,41-40-,47-44-,56-53-. The molecule has 0 bridgehead atoms. The highest BCUT2D eigenvalue weighted by Crippen LogP contribution is 2.16. The first kappa shape index (κ1) is 73.5. The Morgan fingerprint density at radius 3 is 0.885 bits per heavy atom. The van der Waals surface area contributed by atoms with E-state index in [9.17, 15) is 14.4 Å². The summed E-state index contributed by atoms with van der Waals surface area (Å²) in [6.07, 6.45) is 91.8. The zero-order valence-electron chi connectivity index (χ0n) is 50.6. The highest BCUT2D eigenvalue weighted by atomic mass is 16.6. The molecule has 0 N–H and O–H groups in total. The van der Waals surface area contributed by atoms with Gasteiger partial charge in [-0.15, -0.1) is 0 Å². The summed E-state index contributed by atoms with van der Waals surface area (Å²) < 4.78 is 16.9. The largest absolute Gasteiger partial charge is 0.462 e. The number of ether oxygens (including phenoxy) is 3. The first-order valence-corrected chi connectivity index (χ1v) is 32.2. The summed E-state index contributed by atoms with van der Waals surface area (Å²) in [4.78, 5) is 38.3. The van der Waals surface area contributed by atoms with E-state index in [2.05, 4.69) is 154 Å². The maximum Gasteiger partial charge on any atom is 0.306 e. The molecule has 0 aromatic rings. The van der Waals surface area contributed by atoms with Crippen molar-refractivity contribution >= 4 is 17.9 Å². The van der Waals surface area contributed by atoms with E-state index in [0.717, 1.165) is 135 Å². The molecule has 0 saturated heterocycles. The van der Waals surface area contributed by atoms with Crippen molar-refractivity contribution in [3.63, 3.8) is 0 Å². The minimum atomic E-state index is -0.811. The Labute approximate surface area is 481 Å². The zero-order chi connectivity index (χ0) is 56.4. The SMILES string of the molecule is CC/C=C\C/C=C\C/C=C\C/C=C\C/C=C\C/C=C\C/C=C\C/C=C\C/C=C\CCCC(=O)OCC(COC(=O)CCCCCCC/C=C\C/C=C\CCC)OC(=O)CCCCCCCCCCCCCCCCCCCC. The van der Waals surface area contributed by atoms with E-state index < -0.39 is 6.10 Å². The number of rotatable bonds is 57. The molecule has 1 unspecified atom stereocenters. The number of unbranched alkanes of at least 4 members (excludes halogenated alkanes) is 24. The quantitative estimate of drug-likeness (QED) is 0.0261. The van der Waals surface area contributed by atoms with Crippen LogP contribution in [0.4, 0.5) is 0 Å². The molecule has 0 amide bonds. The van der Waals surface area contributed by atoms with Gasteiger partial charge in [0, 0.05) is 19.3 Å². The van der Waals surface area contributed by atoms with Crippen LogP contribution in [0.5, 0.6) is 0 Å². The molecule has 0 aromatic heterocycles. The third-order valence-electron chi connectivity index (χ3n) is 13.4. The van der Waals surface area contributed by atoms with Gasteiger partial charge in [-0.05, 0) is 109 Å². The molecular formula is C72H118O6. The van der Waals surface area contributed by atoms with Gasteiger partial charge in [0.2, 0.25) is 0 Å².